The second-order valence-electron chi connectivity index (χ2n) is 7.76. The molecule has 2 aliphatic rings. The first-order valence-electron chi connectivity index (χ1n) is 10.00. The van der Waals surface area contributed by atoms with Crippen LogP contribution in [0.2, 0.25) is 0 Å². The Morgan fingerprint density at radius 2 is 2.04 bits per heavy atom. The number of piperazine rings is 1. The van der Waals surface area contributed by atoms with Crippen molar-refractivity contribution in [3.63, 3.8) is 0 Å². The zero-order valence-electron chi connectivity index (χ0n) is 16.2. The fraction of sp³-hybridized carbons (Fsp3) is 0.667. The minimum Gasteiger partial charge on any atom is -0.496 e. The number of carbonyl (C=O) groups excluding carboxylic acids is 1. The monoisotopic (exact) mass is 359 g/mol. The predicted molar refractivity (Wildman–Crippen MR) is 104 cm³/mol. The molecule has 0 radical (unpaired) electrons. The van der Waals surface area contributed by atoms with Gasteiger partial charge in [-0.2, -0.15) is 0 Å². The molecule has 0 aliphatic carbocycles. The SMILES string of the molecule is COc1ccccc1CN1CCN(C(=O)CC(C)C2CCCNC2)CC1. The van der Waals surface area contributed by atoms with E-state index in [1.807, 2.05) is 12.1 Å². The average Bonchev–Trinajstić information content (AvgIpc) is 2.69. The van der Waals surface area contributed by atoms with E-state index in [1.54, 1.807) is 7.11 Å². The summed E-state index contributed by atoms with van der Waals surface area (Å²) in [6, 6.07) is 8.19. The van der Waals surface area contributed by atoms with Gasteiger partial charge in [-0.15, -0.1) is 0 Å². The van der Waals surface area contributed by atoms with Gasteiger partial charge in [0.1, 0.15) is 5.75 Å². The molecule has 0 saturated carbocycles. The molecule has 0 spiro atoms. The van der Waals surface area contributed by atoms with Gasteiger partial charge in [0.05, 0.1) is 7.11 Å². The van der Waals surface area contributed by atoms with Gasteiger partial charge in [-0.05, 0) is 43.8 Å². The van der Waals surface area contributed by atoms with Crippen LogP contribution in [0.25, 0.3) is 0 Å². The lowest BCUT2D eigenvalue weighted by atomic mass is 9.85. The number of benzene rings is 1. The third-order valence-corrected chi connectivity index (χ3v) is 5.95. The summed E-state index contributed by atoms with van der Waals surface area (Å²) in [4.78, 5) is 17.2. The molecule has 2 fully saturated rings. The number of hydrogen-bond donors (Lipinski definition) is 1. The average molecular weight is 360 g/mol. The van der Waals surface area contributed by atoms with Crippen LogP contribution in [0.5, 0.6) is 5.75 Å². The Morgan fingerprint density at radius 3 is 2.73 bits per heavy atom. The van der Waals surface area contributed by atoms with E-state index in [2.05, 4.69) is 34.2 Å². The number of carbonyl (C=O) groups is 1. The molecular formula is C21H33N3O2. The summed E-state index contributed by atoms with van der Waals surface area (Å²) >= 11 is 0. The minimum absolute atomic E-state index is 0.333. The molecule has 1 amide bonds. The summed E-state index contributed by atoms with van der Waals surface area (Å²) in [6.07, 6.45) is 3.19. The Hall–Kier alpha value is -1.59. The van der Waals surface area contributed by atoms with Crippen molar-refractivity contribution in [1.29, 1.82) is 0 Å². The van der Waals surface area contributed by atoms with Crippen molar-refractivity contribution < 1.29 is 9.53 Å². The molecule has 2 atom stereocenters. The number of piperidine rings is 1. The summed E-state index contributed by atoms with van der Waals surface area (Å²) in [7, 11) is 1.72. The summed E-state index contributed by atoms with van der Waals surface area (Å²) in [5, 5.41) is 3.46. The topological polar surface area (TPSA) is 44.8 Å². The maximum atomic E-state index is 12.7. The number of hydrogen-bond acceptors (Lipinski definition) is 4. The van der Waals surface area contributed by atoms with Gasteiger partial charge >= 0.3 is 0 Å². The van der Waals surface area contributed by atoms with Crippen LogP contribution in [0.1, 0.15) is 31.7 Å². The van der Waals surface area contributed by atoms with E-state index in [1.165, 1.54) is 18.4 Å². The molecule has 2 aliphatic heterocycles. The van der Waals surface area contributed by atoms with E-state index >= 15 is 0 Å². The van der Waals surface area contributed by atoms with Crippen LogP contribution >= 0.6 is 0 Å². The molecule has 5 nitrogen and oxygen atoms in total. The number of nitrogens with one attached hydrogen (secondary N) is 1. The van der Waals surface area contributed by atoms with Crippen LogP contribution in [0.15, 0.2) is 24.3 Å². The van der Waals surface area contributed by atoms with Crippen molar-refractivity contribution in [2.75, 3.05) is 46.4 Å². The molecule has 0 aromatic heterocycles. The highest BCUT2D eigenvalue weighted by Crippen LogP contribution is 2.24. The summed E-state index contributed by atoms with van der Waals surface area (Å²) in [6.45, 7) is 8.87. The van der Waals surface area contributed by atoms with Gasteiger partial charge < -0.3 is 15.0 Å². The lowest BCUT2D eigenvalue weighted by Gasteiger charge is -2.36. The van der Waals surface area contributed by atoms with E-state index in [4.69, 9.17) is 4.74 Å². The van der Waals surface area contributed by atoms with Gasteiger partial charge in [0.15, 0.2) is 0 Å². The van der Waals surface area contributed by atoms with Gasteiger partial charge in [-0.3, -0.25) is 9.69 Å². The summed E-state index contributed by atoms with van der Waals surface area (Å²) in [5.74, 6) is 2.40. The van der Waals surface area contributed by atoms with E-state index in [0.29, 0.717) is 24.2 Å². The molecule has 2 saturated heterocycles. The number of amides is 1. The fourth-order valence-electron chi connectivity index (χ4n) is 4.17. The van der Waals surface area contributed by atoms with Crippen LogP contribution in [0, 0.1) is 11.8 Å². The highest BCUT2D eigenvalue weighted by atomic mass is 16.5. The molecule has 1 N–H and O–H groups in total. The van der Waals surface area contributed by atoms with Gasteiger partial charge in [-0.1, -0.05) is 25.1 Å². The minimum atomic E-state index is 0.333. The molecule has 1 aromatic carbocycles. The first kappa shape index (κ1) is 19.2. The first-order valence-corrected chi connectivity index (χ1v) is 10.00. The maximum absolute atomic E-state index is 12.7. The largest absolute Gasteiger partial charge is 0.496 e. The molecule has 1 aromatic rings. The first-order chi connectivity index (χ1) is 12.7. The molecular weight excluding hydrogens is 326 g/mol. The Balaban J connectivity index is 1.44. The maximum Gasteiger partial charge on any atom is 0.222 e. The Bertz CT molecular complexity index is 578. The Labute approximate surface area is 157 Å². The summed E-state index contributed by atoms with van der Waals surface area (Å²) in [5.41, 5.74) is 1.22. The normalized spacial score (nSPS) is 22.8. The molecule has 5 heteroatoms. The van der Waals surface area contributed by atoms with Crippen molar-refractivity contribution >= 4 is 5.91 Å². The van der Waals surface area contributed by atoms with Gasteiger partial charge in [-0.25, -0.2) is 0 Å². The third kappa shape index (κ3) is 4.98. The molecule has 144 valence electrons. The zero-order valence-corrected chi connectivity index (χ0v) is 16.2. The van der Waals surface area contributed by atoms with Crippen molar-refractivity contribution in [1.82, 2.24) is 15.1 Å². The van der Waals surface area contributed by atoms with E-state index in [9.17, 15) is 4.79 Å². The van der Waals surface area contributed by atoms with E-state index < -0.39 is 0 Å². The second kappa shape index (κ2) is 9.38. The smallest absolute Gasteiger partial charge is 0.222 e. The zero-order chi connectivity index (χ0) is 18.4. The lowest BCUT2D eigenvalue weighted by molar-refractivity contribution is -0.134. The number of rotatable bonds is 6. The molecule has 2 unspecified atom stereocenters. The van der Waals surface area contributed by atoms with Crippen LogP contribution in [0.4, 0.5) is 0 Å². The summed E-state index contributed by atoms with van der Waals surface area (Å²) < 4.78 is 5.45. The molecule has 26 heavy (non-hydrogen) atoms. The molecule has 0 bridgehead atoms. The second-order valence-corrected chi connectivity index (χ2v) is 7.76. The Kier molecular flexibility index (Phi) is 6.92. The standard InChI is InChI=1S/C21H33N3O2/c1-17(18-7-5-9-22-15-18)14-21(25)24-12-10-23(11-13-24)16-19-6-3-4-8-20(19)26-2/h3-4,6,8,17-18,22H,5,7,9-16H2,1-2H3. The number of nitrogens with zero attached hydrogens (tertiary/aromatic N) is 2. The van der Waals surface area contributed by atoms with Crippen LogP contribution in [-0.2, 0) is 11.3 Å². The highest BCUT2D eigenvalue weighted by molar-refractivity contribution is 5.76. The van der Waals surface area contributed by atoms with Crippen molar-refractivity contribution in [2.24, 2.45) is 11.8 Å². The number of para-hydroxylation sites is 1. The number of methoxy groups -OCH3 is 1. The van der Waals surface area contributed by atoms with Crippen molar-refractivity contribution in [3.8, 4) is 5.75 Å². The number of ether oxygens (including phenoxy) is 1. The van der Waals surface area contributed by atoms with Crippen molar-refractivity contribution in [3.05, 3.63) is 29.8 Å². The van der Waals surface area contributed by atoms with Crippen LogP contribution in [-0.4, -0.2) is 62.1 Å². The Morgan fingerprint density at radius 1 is 1.27 bits per heavy atom. The van der Waals surface area contributed by atoms with E-state index in [0.717, 1.165) is 51.6 Å². The van der Waals surface area contributed by atoms with Crippen molar-refractivity contribution in [2.45, 2.75) is 32.7 Å². The third-order valence-electron chi connectivity index (χ3n) is 5.95. The molecule has 3 rings (SSSR count). The van der Waals surface area contributed by atoms with Gasteiger partial charge in [0.2, 0.25) is 5.91 Å². The van der Waals surface area contributed by atoms with E-state index in [-0.39, 0.29) is 0 Å². The van der Waals surface area contributed by atoms with Crippen LogP contribution in [0.3, 0.4) is 0 Å². The lowest BCUT2D eigenvalue weighted by Crippen LogP contribution is -2.49. The molecule has 2 heterocycles. The van der Waals surface area contributed by atoms with Gasteiger partial charge in [0.25, 0.3) is 0 Å². The fourth-order valence-corrected chi connectivity index (χ4v) is 4.17. The quantitative estimate of drug-likeness (QED) is 0.847. The highest BCUT2D eigenvalue weighted by Gasteiger charge is 2.26. The van der Waals surface area contributed by atoms with Crippen LogP contribution < -0.4 is 10.1 Å². The predicted octanol–water partition coefficient (Wildman–Crippen LogP) is 2.37. The van der Waals surface area contributed by atoms with Gasteiger partial charge in [0, 0.05) is 44.7 Å².